The Morgan fingerprint density at radius 1 is 0.650 bits per heavy atom. The standard InChI is InChI=1S/C4H6Cl6N4O2P4/c1-3-15-20(16-4-2)13-18(7,8)11-17(5,6)12-19(9,10)14-20/h3-4H,1-2H2. The Kier molecular flexibility index (Phi) is 7.02. The summed E-state index contributed by atoms with van der Waals surface area (Å²) < 4.78 is 25.8. The van der Waals surface area contributed by atoms with Crippen LogP contribution in [0.2, 0.25) is 0 Å². The summed E-state index contributed by atoms with van der Waals surface area (Å²) in [6.45, 7) is 6.75. The molecular weight excluding hydrogens is 473 g/mol. The van der Waals surface area contributed by atoms with Gasteiger partial charge in [0, 0.05) is 0 Å². The first-order valence-corrected chi connectivity index (χ1v) is 16.3. The molecule has 0 aromatic heterocycles. The van der Waals surface area contributed by atoms with Crippen molar-refractivity contribution in [3.05, 3.63) is 25.7 Å². The molecule has 0 fully saturated rings. The fourth-order valence-electron chi connectivity index (χ4n) is 0.906. The van der Waals surface area contributed by atoms with Crippen molar-refractivity contribution in [3.63, 3.8) is 0 Å². The van der Waals surface area contributed by atoms with Crippen LogP contribution < -0.4 is 0 Å². The van der Waals surface area contributed by atoms with E-state index in [1.165, 1.54) is 0 Å². The second-order valence-corrected chi connectivity index (χ2v) is 19.8. The molecule has 0 N–H and O–H groups in total. The predicted molar refractivity (Wildman–Crippen MR) is 95.1 cm³/mol. The van der Waals surface area contributed by atoms with E-state index in [0.717, 1.165) is 12.5 Å². The van der Waals surface area contributed by atoms with Gasteiger partial charge in [0.25, 0.3) is 17.7 Å². The third kappa shape index (κ3) is 6.09. The van der Waals surface area contributed by atoms with Crippen LogP contribution in [0.3, 0.4) is 0 Å². The molecule has 6 nitrogen and oxygen atoms in total. The summed E-state index contributed by atoms with van der Waals surface area (Å²) in [6.07, 6.45) is 2.05. The highest BCUT2D eigenvalue weighted by molar-refractivity contribution is 8.23. The molecule has 1 aliphatic rings. The van der Waals surface area contributed by atoms with Gasteiger partial charge in [-0.05, 0) is 67.4 Å². The van der Waals surface area contributed by atoms with E-state index in [4.69, 9.17) is 76.5 Å². The Morgan fingerprint density at radius 3 is 1.40 bits per heavy atom. The molecule has 20 heavy (non-hydrogen) atoms. The van der Waals surface area contributed by atoms with E-state index < -0.39 is 25.4 Å². The lowest BCUT2D eigenvalue weighted by Crippen LogP contribution is -1.83. The second-order valence-electron chi connectivity index (χ2n) is 2.76. The van der Waals surface area contributed by atoms with E-state index in [9.17, 15) is 0 Å². The van der Waals surface area contributed by atoms with Gasteiger partial charge in [0.15, 0.2) is 0 Å². The molecule has 0 atom stereocenters. The highest BCUT2D eigenvalue weighted by Gasteiger charge is 2.35. The zero-order valence-corrected chi connectivity index (χ0v) is 17.3. The largest absolute Gasteiger partial charge is 0.452 e. The molecule has 0 saturated carbocycles. The maximum absolute atomic E-state index is 5.99. The summed E-state index contributed by atoms with van der Waals surface area (Å²) in [4.78, 5) is 0. The van der Waals surface area contributed by atoms with Crippen LogP contribution in [0.1, 0.15) is 0 Å². The number of rotatable bonds is 4. The predicted octanol–water partition coefficient (Wildman–Crippen LogP) is 9.54. The quantitative estimate of drug-likeness (QED) is 0.298. The van der Waals surface area contributed by atoms with Crippen LogP contribution >= 0.6 is 92.8 Å². The maximum atomic E-state index is 5.99. The normalized spacial score (nSPS) is 25.1. The lowest BCUT2D eigenvalue weighted by atomic mass is 11.2. The van der Waals surface area contributed by atoms with Crippen molar-refractivity contribution in [3.8, 4) is 0 Å². The summed E-state index contributed by atoms with van der Waals surface area (Å²) in [7, 11) is -3.46. The van der Waals surface area contributed by atoms with Gasteiger partial charge >= 0.3 is 7.66 Å². The highest BCUT2D eigenvalue weighted by atomic mass is 35.9. The first-order valence-electron chi connectivity index (χ1n) is 4.27. The lowest BCUT2D eigenvalue weighted by Gasteiger charge is -2.22. The third-order valence-electron chi connectivity index (χ3n) is 1.30. The first-order chi connectivity index (χ1) is 8.95. The Balaban J connectivity index is 3.77. The number of hydrogen-bond acceptors (Lipinski definition) is 6. The van der Waals surface area contributed by atoms with E-state index in [1.54, 1.807) is 0 Å². The van der Waals surface area contributed by atoms with Crippen LogP contribution in [0.15, 0.2) is 43.7 Å². The number of halogens is 6. The van der Waals surface area contributed by atoms with Gasteiger partial charge in [0.1, 0.15) is 0 Å². The molecule has 1 heterocycles. The summed E-state index contributed by atoms with van der Waals surface area (Å²) in [5.41, 5.74) is 0. The van der Waals surface area contributed by atoms with Gasteiger partial charge in [0.05, 0.1) is 12.5 Å². The minimum atomic E-state index is -3.46. The number of nitrogens with zero attached hydrogens (tertiary/aromatic N) is 4. The van der Waals surface area contributed by atoms with Gasteiger partial charge in [-0.2, -0.15) is 9.03 Å². The van der Waals surface area contributed by atoms with Crippen molar-refractivity contribution in [2.75, 3.05) is 0 Å². The zero-order chi connectivity index (χ0) is 15.7. The summed E-state index contributed by atoms with van der Waals surface area (Å²) in [6, 6.07) is 0. The van der Waals surface area contributed by atoms with Crippen molar-refractivity contribution in [2.24, 2.45) is 18.1 Å². The van der Waals surface area contributed by atoms with E-state index in [-0.39, 0.29) is 0 Å². The van der Waals surface area contributed by atoms with Gasteiger partial charge in [-0.3, -0.25) is 0 Å². The minimum Gasteiger partial charge on any atom is -0.422 e. The molecule has 0 spiro atoms. The van der Waals surface area contributed by atoms with Gasteiger partial charge in [0.2, 0.25) is 0 Å². The van der Waals surface area contributed by atoms with Crippen molar-refractivity contribution in [1.82, 2.24) is 0 Å². The Morgan fingerprint density at radius 2 is 1.00 bits per heavy atom. The fraction of sp³-hybridized carbons (Fsp3) is 0. The zero-order valence-electron chi connectivity index (χ0n) is 9.23. The molecule has 0 bridgehead atoms. The summed E-state index contributed by atoms with van der Waals surface area (Å²) in [5.74, 6) is -10.1. The molecule has 0 unspecified atom stereocenters. The van der Waals surface area contributed by atoms with Crippen molar-refractivity contribution >= 4 is 92.8 Å². The fourth-order valence-corrected chi connectivity index (χ4v) is 20.7. The summed E-state index contributed by atoms with van der Waals surface area (Å²) in [5, 5.41) is 0. The van der Waals surface area contributed by atoms with Crippen LogP contribution in [0.5, 0.6) is 0 Å². The van der Waals surface area contributed by atoms with E-state index in [2.05, 4.69) is 31.2 Å². The van der Waals surface area contributed by atoms with Crippen LogP contribution in [0, 0.1) is 0 Å². The average molecular weight is 479 g/mol. The molecule has 1 aliphatic heterocycles. The maximum Gasteiger partial charge on any atom is 0.452 e. The van der Waals surface area contributed by atoms with E-state index >= 15 is 0 Å². The molecule has 0 aromatic rings. The van der Waals surface area contributed by atoms with Gasteiger partial charge < -0.3 is 9.05 Å². The topological polar surface area (TPSA) is 67.9 Å². The molecule has 0 radical (unpaired) electrons. The van der Waals surface area contributed by atoms with Crippen LogP contribution in [-0.4, -0.2) is 0 Å². The van der Waals surface area contributed by atoms with Crippen LogP contribution in [-0.2, 0) is 9.05 Å². The highest BCUT2D eigenvalue weighted by Crippen LogP contribution is 2.86. The van der Waals surface area contributed by atoms with Gasteiger partial charge in [-0.25, -0.2) is 0 Å². The van der Waals surface area contributed by atoms with Gasteiger partial charge in [-0.15, -0.1) is 9.03 Å². The number of hydrogen-bond donors (Lipinski definition) is 0. The summed E-state index contributed by atoms with van der Waals surface area (Å²) >= 11 is 35.8. The molecule has 0 aromatic carbocycles. The lowest BCUT2D eigenvalue weighted by molar-refractivity contribution is 0.399. The molecule has 1 rings (SSSR count). The van der Waals surface area contributed by atoms with Crippen LogP contribution in [0.25, 0.3) is 0 Å². The Hall–Kier alpha value is 1.74. The second kappa shape index (κ2) is 7.10. The van der Waals surface area contributed by atoms with Crippen molar-refractivity contribution in [2.45, 2.75) is 0 Å². The average Bonchev–Trinajstić information content (AvgIpc) is 2.09. The minimum absolute atomic E-state index is 1.03. The SMILES string of the molecule is C=COP1(OC=C)=NP(Cl)(Cl)=NP(Cl)(Cl)=NP(Cl)(Cl)=N1. The molecule has 0 saturated heterocycles. The molecule has 0 amide bonds. The van der Waals surface area contributed by atoms with Crippen LogP contribution in [0.4, 0.5) is 0 Å². The molecule has 16 heteroatoms. The molecule has 0 aliphatic carbocycles. The van der Waals surface area contributed by atoms with Gasteiger partial charge in [-0.1, -0.05) is 13.2 Å². The Bertz CT molecular complexity index is 625. The van der Waals surface area contributed by atoms with Crippen molar-refractivity contribution < 1.29 is 9.05 Å². The Labute approximate surface area is 145 Å². The third-order valence-corrected chi connectivity index (χ3v) is 16.4. The first kappa shape index (κ1) is 19.8. The van der Waals surface area contributed by atoms with Crippen molar-refractivity contribution in [1.29, 1.82) is 0 Å². The smallest absolute Gasteiger partial charge is 0.422 e. The molecule has 116 valence electrons. The van der Waals surface area contributed by atoms with E-state index in [0.29, 0.717) is 0 Å². The monoisotopic (exact) mass is 476 g/mol. The van der Waals surface area contributed by atoms with E-state index in [1.807, 2.05) is 0 Å². The molecular formula is C4H6Cl6N4O2P4.